The van der Waals surface area contributed by atoms with Gasteiger partial charge in [0.1, 0.15) is 5.65 Å². The van der Waals surface area contributed by atoms with Gasteiger partial charge in [0.25, 0.3) is 0 Å². The first kappa shape index (κ1) is 15.9. The summed E-state index contributed by atoms with van der Waals surface area (Å²) in [4.78, 5) is 32.0. The molecule has 0 unspecified atom stereocenters. The van der Waals surface area contributed by atoms with Crippen molar-refractivity contribution in [1.29, 1.82) is 0 Å². The molecule has 1 amide bonds. The van der Waals surface area contributed by atoms with Gasteiger partial charge in [0, 0.05) is 19.3 Å². The van der Waals surface area contributed by atoms with Crippen LogP contribution in [0.5, 0.6) is 0 Å². The van der Waals surface area contributed by atoms with E-state index in [1.54, 1.807) is 12.3 Å². The third-order valence-corrected chi connectivity index (χ3v) is 4.41. The fourth-order valence-corrected chi connectivity index (χ4v) is 3.04. The summed E-state index contributed by atoms with van der Waals surface area (Å²) in [6.07, 6.45) is 3.84. The predicted molar refractivity (Wildman–Crippen MR) is 86.7 cm³/mol. The monoisotopic (exact) mass is 334 g/mol. The number of nitrogens with one attached hydrogen (secondary N) is 1. The molecule has 1 atom stereocenters. The van der Waals surface area contributed by atoms with Crippen molar-refractivity contribution in [3.8, 4) is 0 Å². The van der Waals surface area contributed by atoms with Gasteiger partial charge in [-0.1, -0.05) is 17.8 Å². The van der Waals surface area contributed by atoms with Crippen LogP contribution >= 0.6 is 11.8 Å². The number of nitrogens with zero attached hydrogens (tertiary/aromatic N) is 3. The Morgan fingerprint density at radius 2 is 2.35 bits per heavy atom. The van der Waals surface area contributed by atoms with Gasteiger partial charge in [-0.05, 0) is 31.4 Å². The second-order valence-electron chi connectivity index (χ2n) is 5.45. The molecule has 2 aromatic rings. The summed E-state index contributed by atoms with van der Waals surface area (Å²) in [7, 11) is 0. The fourth-order valence-electron chi connectivity index (χ4n) is 2.38. The molecule has 3 rings (SSSR count). The van der Waals surface area contributed by atoms with Gasteiger partial charge in [-0.2, -0.15) is 4.98 Å². The zero-order valence-corrected chi connectivity index (χ0v) is 13.6. The molecule has 7 nitrogen and oxygen atoms in total. The summed E-state index contributed by atoms with van der Waals surface area (Å²) >= 11 is 1.16. The highest BCUT2D eigenvalue weighted by Crippen LogP contribution is 2.13. The molecule has 0 radical (unpaired) electrons. The molecule has 1 aliphatic rings. The first-order chi connectivity index (χ1) is 11.1. The number of aryl methyl sites for hydroxylation is 1. The number of hydrogen-bond donors (Lipinski definition) is 1. The molecule has 3 heterocycles. The highest BCUT2D eigenvalue weighted by Gasteiger charge is 2.16. The SMILES string of the molecule is Cc1ccc2nc(SCC(=O)NC[C@H]3CCCO3)nc(=O)n2c1. The maximum atomic E-state index is 12.0. The van der Waals surface area contributed by atoms with Crippen LogP contribution in [0.15, 0.2) is 28.3 Å². The number of carbonyl (C=O) groups excluding carboxylic acids is 1. The van der Waals surface area contributed by atoms with Crippen molar-refractivity contribution in [2.45, 2.75) is 31.0 Å². The van der Waals surface area contributed by atoms with Gasteiger partial charge in [-0.25, -0.2) is 9.78 Å². The van der Waals surface area contributed by atoms with Crippen LogP contribution in [-0.4, -0.2) is 45.3 Å². The minimum Gasteiger partial charge on any atom is -0.376 e. The standard InChI is InChI=1S/C15H18N4O3S/c1-10-4-5-12-17-14(18-15(21)19(12)8-10)23-9-13(20)16-7-11-3-2-6-22-11/h4-5,8,11H,2-3,6-7,9H2,1H3,(H,16,20)/t11-/m1/s1. The Morgan fingerprint density at radius 3 is 3.13 bits per heavy atom. The lowest BCUT2D eigenvalue weighted by molar-refractivity contribution is -0.119. The van der Waals surface area contributed by atoms with Gasteiger partial charge in [0.2, 0.25) is 5.91 Å². The smallest absolute Gasteiger partial charge is 0.355 e. The zero-order valence-electron chi connectivity index (χ0n) is 12.8. The Labute approximate surface area is 137 Å². The van der Waals surface area contributed by atoms with Gasteiger partial charge < -0.3 is 10.1 Å². The first-order valence-corrected chi connectivity index (χ1v) is 8.48. The van der Waals surface area contributed by atoms with Crippen molar-refractivity contribution in [2.75, 3.05) is 18.9 Å². The molecule has 8 heteroatoms. The van der Waals surface area contributed by atoms with Crippen molar-refractivity contribution in [1.82, 2.24) is 19.7 Å². The maximum Gasteiger partial charge on any atom is 0.355 e. The number of ether oxygens (including phenoxy) is 1. The molecule has 122 valence electrons. The molecule has 1 saturated heterocycles. The Balaban J connectivity index is 1.59. The van der Waals surface area contributed by atoms with E-state index in [1.807, 2.05) is 13.0 Å². The second kappa shape index (κ2) is 7.10. The van der Waals surface area contributed by atoms with Crippen LogP contribution in [0.3, 0.4) is 0 Å². The molecule has 0 spiro atoms. The van der Waals surface area contributed by atoms with Crippen molar-refractivity contribution in [3.63, 3.8) is 0 Å². The molecule has 1 fully saturated rings. The molecule has 1 aliphatic heterocycles. The number of rotatable bonds is 5. The average molecular weight is 334 g/mol. The minimum absolute atomic E-state index is 0.113. The highest BCUT2D eigenvalue weighted by atomic mass is 32.2. The van der Waals surface area contributed by atoms with Gasteiger partial charge in [0.05, 0.1) is 11.9 Å². The summed E-state index contributed by atoms with van der Waals surface area (Å²) in [6, 6.07) is 3.64. The number of thioether (sulfide) groups is 1. The number of hydrogen-bond acceptors (Lipinski definition) is 6. The van der Waals surface area contributed by atoms with Gasteiger partial charge in [0.15, 0.2) is 5.16 Å². The van der Waals surface area contributed by atoms with E-state index in [2.05, 4.69) is 15.3 Å². The molecular formula is C15H18N4O3S. The Morgan fingerprint density at radius 1 is 1.48 bits per heavy atom. The third-order valence-electron chi connectivity index (χ3n) is 3.57. The van der Waals surface area contributed by atoms with E-state index >= 15 is 0 Å². The Hall–Kier alpha value is -1.93. The molecule has 0 bridgehead atoms. The molecule has 2 aromatic heterocycles. The molecule has 0 saturated carbocycles. The van der Waals surface area contributed by atoms with Gasteiger partial charge in [-0.15, -0.1) is 0 Å². The molecule has 0 aromatic carbocycles. The Bertz CT molecular complexity index is 771. The van der Waals surface area contributed by atoms with Gasteiger partial charge in [-0.3, -0.25) is 9.20 Å². The van der Waals surface area contributed by atoms with Crippen LogP contribution in [0.1, 0.15) is 18.4 Å². The van der Waals surface area contributed by atoms with Crippen molar-refractivity contribution in [2.24, 2.45) is 0 Å². The van der Waals surface area contributed by atoms with E-state index in [9.17, 15) is 9.59 Å². The normalized spacial score (nSPS) is 17.5. The van der Waals surface area contributed by atoms with E-state index in [4.69, 9.17) is 4.74 Å². The molecular weight excluding hydrogens is 316 g/mol. The van der Waals surface area contributed by atoms with Crippen molar-refractivity contribution in [3.05, 3.63) is 34.4 Å². The maximum absolute atomic E-state index is 12.0. The second-order valence-corrected chi connectivity index (χ2v) is 6.39. The fraction of sp³-hybridized carbons (Fsp3) is 0.467. The summed E-state index contributed by atoms with van der Waals surface area (Å²) in [5.74, 6) is 0.0620. The quantitative estimate of drug-likeness (QED) is 0.814. The average Bonchev–Trinajstić information content (AvgIpc) is 3.05. The number of fused-ring (bicyclic) bond motifs is 1. The minimum atomic E-state index is -0.388. The largest absolute Gasteiger partial charge is 0.376 e. The van der Waals surface area contributed by atoms with E-state index in [1.165, 1.54) is 4.40 Å². The lowest BCUT2D eigenvalue weighted by atomic mass is 10.2. The number of aromatic nitrogens is 3. The molecule has 23 heavy (non-hydrogen) atoms. The highest BCUT2D eigenvalue weighted by molar-refractivity contribution is 7.99. The van der Waals surface area contributed by atoms with Crippen molar-refractivity contribution < 1.29 is 9.53 Å². The number of carbonyl (C=O) groups is 1. The summed E-state index contributed by atoms with van der Waals surface area (Å²) in [5.41, 5.74) is 1.09. The number of amides is 1. The summed E-state index contributed by atoms with van der Waals surface area (Å²) < 4.78 is 6.85. The topological polar surface area (TPSA) is 85.6 Å². The lowest BCUT2D eigenvalue weighted by Crippen LogP contribution is -2.33. The molecule has 1 N–H and O–H groups in total. The zero-order chi connectivity index (χ0) is 16.2. The van der Waals surface area contributed by atoms with Crippen LogP contribution in [0.25, 0.3) is 5.65 Å². The first-order valence-electron chi connectivity index (χ1n) is 7.50. The van der Waals surface area contributed by atoms with Gasteiger partial charge >= 0.3 is 5.69 Å². The summed E-state index contributed by atoms with van der Waals surface area (Å²) in [5, 5.41) is 3.14. The van der Waals surface area contributed by atoms with Crippen LogP contribution < -0.4 is 11.0 Å². The van der Waals surface area contributed by atoms with E-state index < -0.39 is 0 Å². The van der Waals surface area contributed by atoms with E-state index in [0.717, 1.165) is 36.8 Å². The third kappa shape index (κ3) is 4.08. The summed E-state index contributed by atoms with van der Waals surface area (Å²) in [6.45, 7) is 3.19. The number of pyridine rings is 1. The van der Waals surface area contributed by atoms with Crippen LogP contribution in [0, 0.1) is 6.92 Å². The van der Waals surface area contributed by atoms with Crippen molar-refractivity contribution >= 4 is 23.3 Å². The Kier molecular flexibility index (Phi) is 4.92. The molecule has 0 aliphatic carbocycles. The van der Waals surface area contributed by atoms with Crippen LogP contribution in [0.2, 0.25) is 0 Å². The van der Waals surface area contributed by atoms with Crippen LogP contribution in [-0.2, 0) is 9.53 Å². The van der Waals surface area contributed by atoms with E-state index in [-0.39, 0.29) is 23.5 Å². The van der Waals surface area contributed by atoms with Crippen LogP contribution in [0.4, 0.5) is 0 Å². The predicted octanol–water partition coefficient (Wildman–Crippen LogP) is 0.785. The van der Waals surface area contributed by atoms with E-state index in [0.29, 0.717) is 17.3 Å². The lowest BCUT2D eigenvalue weighted by Gasteiger charge is -2.10.